The van der Waals surface area contributed by atoms with E-state index in [9.17, 15) is 9.59 Å². The summed E-state index contributed by atoms with van der Waals surface area (Å²) in [6.45, 7) is 0. The Kier molecular flexibility index (Phi) is 5.22. The molecule has 0 radical (unpaired) electrons. The SMILES string of the molecule is CN1C(=O)/C(=C\c2ccc(OC(=O)c3ccc(Cl)cc3)cc2)SC1=S. The molecule has 0 unspecified atom stereocenters. The maximum atomic E-state index is 12.1. The number of halogens is 1. The van der Waals surface area contributed by atoms with Crippen molar-refractivity contribution in [2.45, 2.75) is 0 Å². The molecule has 2 aromatic carbocycles. The predicted octanol–water partition coefficient (Wildman–Crippen LogP) is 4.39. The topological polar surface area (TPSA) is 46.6 Å². The first kappa shape index (κ1) is 17.7. The lowest BCUT2D eigenvalue weighted by Crippen LogP contribution is -2.22. The van der Waals surface area contributed by atoms with Gasteiger partial charge in [0.2, 0.25) is 0 Å². The fraction of sp³-hybridized carbons (Fsp3) is 0.0556. The minimum Gasteiger partial charge on any atom is -0.423 e. The number of benzene rings is 2. The summed E-state index contributed by atoms with van der Waals surface area (Å²) in [4.78, 5) is 26.0. The van der Waals surface area contributed by atoms with Crippen LogP contribution in [-0.4, -0.2) is 28.1 Å². The quantitative estimate of drug-likeness (QED) is 0.337. The molecule has 0 spiro atoms. The highest BCUT2D eigenvalue weighted by atomic mass is 35.5. The maximum absolute atomic E-state index is 12.1. The first-order chi connectivity index (χ1) is 11.9. The number of carbonyl (C=O) groups is 2. The van der Waals surface area contributed by atoms with E-state index < -0.39 is 5.97 Å². The number of nitrogens with zero attached hydrogens (tertiary/aromatic N) is 1. The molecule has 25 heavy (non-hydrogen) atoms. The zero-order chi connectivity index (χ0) is 18.0. The summed E-state index contributed by atoms with van der Waals surface area (Å²) in [6, 6.07) is 13.4. The molecule has 0 N–H and O–H groups in total. The molecule has 0 atom stereocenters. The van der Waals surface area contributed by atoms with Gasteiger partial charge in [0, 0.05) is 12.1 Å². The van der Waals surface area contributed by atoms with Crippen LogP contribution in [-0.2, 0) is 4.79 Å². The number of rotatable bonds is 3. The van der Waals surface area contributed by atoms with E-state index in [1.165, 1.54) is 16.7 Å². The van der Waals surface area contributed by atoms with Crippen molar-refractivity contribution in [2.75, 3.05) is 7.05 Å². The lowest BCUT2D eigenvalue weighted by atomic mass is 10.2. The first-order valence-corrected chi connectivity index (χ1v) is 8.84. The van der Waals surface area contributed by atoms with Crippen molar-refractivity contribution in [3.8, 4) is 5.75 Å². The summed E-state index contributed by atoms with van der Waals surface area (Å²) in [5, 5.41) is 0.554. The summed E-state index contributed by atoms with van der Waals surface area (Å²) < 4.78 is 5.85. The second-order valence-electron chi connectivity index (χ2n) is 5.21. The zero-order valence-corrected chi connectivity index (χ0v) is 15.5. The molecular weight excluding hydrogens is 378 g/mol. The van der Waals surface area contributed by atoms with E-state index in [0.717, 1.165) is 5.56 Å². The Morgan fingerprint density at radius 1 is 1.16 bits per heavy atom. The number of likely N-dealkylation sites (N-methyl/N-ethyl adjacent to an activating group) is 1. The zero-order valence-electron chi connectivity index (χ0n) is 13.1. The first-order valence-electron chi connectivity index (χ1n) is 7.23. The average molecular weight is 390 g/mol. The maximum Gasteiger partial charge on any atom is 0.343 e. The van der Waals surface area contributed by atoms with Crippen LogP contribution in [0.25, 0.3) is 6.08 Å². The molecular formula is C18H12ClNO3S2. The van der Waals surface area contributed by atoms with Crippen LogP contribution in [0.15, 0.2) is 53.4 Å². The van der Waals surface area contributed by atoms with Crippen molar-refractivity contribution in [3.63, 3.8) is 0 Å². The van der Waals surface area contributed by atoms with Gasteiger partial charge in [-0.25, -0.2) is 4.79 Å². The average Bonchev–Trinajstić information content (AvgIpc) is 2.84. The van der Waals surface area contributed by atoms with E-state index in [0.29, 0.717) is 25.6 Å². The van der Waals surface area contributed by atoms with Gasteiger partial charge < -0.3 is 4.74 Å². The lowest BCUT2D eigenvalue weighted by molar-refractivity contribution is -0.121. The molecule has 1 amide bonds. The van der Waals surface area contributed by atoms with Gasteiger partial charge in [0.15, 0.2) is 0 Å². The molecule has 3 rings (SSSR count). The van der Waals surface area contributed by atoms with Gasteiger partial charge in [-0.3, -0.25) is 9.69 Å². The molecule has 126 valence electrons. The molecule has 1 aliphatic heterocycles. The Bertz CT molecular complexity index is 876. The van der Waals surface area contributed by atoms with E-state index in [1.807, 2.05) is 0 Å². The molecule has 7 heteroatoms. The normalized spacial score (nSPS) is 15.8. The van der Waals surface area contributed by atoms with E-state index in [-0.39, 0.29) is 5.91 Å². The molecule has 0 aliphatic carbocycles. The number of hydrogen-bond donors (Lipinski definition) is 0. The van der Waals surface area contributed by atoms with Crippen LogP contribution in [0.1, 0.15) is 15.9 Å². The highest BCUT2D eigenvalue weighted by Crippen LogP contribution is 2.31. The third-order valence-corrected chi connectivity index (χ3v) is 5.19. The van der Waals surface area contributed by atoms with Gasteiger partial charge in [0.25, 0.3) is 5.91 Å². The molecule has 0 bridgehead atoms. The fourth-order valence-corrected chi connectivity index (χ4v) is 3.39. The Morgan fingerprint density at radius 3 is 2.36 bits per heavy atom. The van der Waals surface area contributed by atoms with Gasteiger partial charge in [-0.15, -0.1) is 0 Å². The highest BCUT2D eigenvalue weighted by molar-refractivity contribution is 8.26. The van der Waals surface area contributed by atoms with Crippen molar-refractivity contribution in [2.24, 2.45) is 0 Å². The minimum atomic E-state index is -0.462. The third kappa shape index (κ3) is 4.10. The molecule has 1 heterocycles. The van der Waals surface area contributed by atoms with Gasteiger partial charge in [-0.1, -0.05) is 47.7 Å². The smallest absolute Gasteiger partial charge is 0.343 e. The second-order valence-corrected chi connectivity index (χ2v) is 7.32. The monoisotopic (exact) mass is 389 g/mol. The largest absolute Gasteiger partial charge is 0.423 e. The van der Waals surface area contributed by atoms with Crippen LogP contribution in [0.5, 0.6) is 5.75 Å². The molecule has 1 saturated heterocycles. The summed E-state index contributed by atoms with van der Waals surface area (Å²) in [5.74, 6) is -0.162. The fourth-order valence-electron chi connectivity index (χ4n) is 2.08. The third-order valence-electron chi connectivity index (χ3n) is 3.45. The number of hydrogen-bond acceptors (Lipinski definition) is 5. The van der Waals surface area contributed by atoms with Crippen molar-refractivity contribution < 1.29 is 14.3 Å². The van der Waals surface area contributed by atoms with Crippen LogP contribution >= 0.6 is 35.6 Å². The van der Waals surface area contributed by atoms with Gasteiger partial charge in [0.1, 0.15) is 10.1 Å². The van der Waals surface area contributed by atoms with Crippen molar-refractivity contribution >= 4 is 57.9 Å². The van der Waals surface area contributed by atoms with Crippen molar-refractivity contribution in [1.29, 1.82) is 0 Å². The van der Waals surface area contributed by atoms with Crippen LogP contribution in [0, 0.1) is 0 Å². The van der Waals surface area contributed by atoms with Gasteiger partial charge in [0.05, 0.1) is 10.5 Å². The number of ether oxygens (including phenoxy) is 1. The molecule has 1 aliphatic rings. The number of carbonyl (C=O) groups excluding carboxylic acids is 2. The summed E-state index contributed by atoms with van der Waals surface area (Å²) >= 11 is 12.2. The number of thioether (sulfide) groups is 1. The van der Waals surface area contributed by atoms with Crippen LogP contribution in [0.2, 0.25) is 5.02 Å². The molecule has 1 fully saturated rings. The van der Waals surface area contributed by atoms with Crippen molar-refractivity contribution in [1.82, 2.24) is 4.90 Å². The molecule has 0 aromatic heterocycles. The highest BCUT2D eigenvalue weighted by Gasteiger charge is 2.28. The lowest BCUT2D eigenvalue weighted by Gasteiger charge is -2.05. The summed E-state index contributed by atoms with van der Waals surface area (Å²) in [5.41, 5.74) is 1.24. The molecule has 0 saturated carbocycles. The van der Waals surface area contributed by atoms with Crippen LogP contribution in [0.4, 0.5) is 0 Å². The van der Waals surface area contributed by atoms with E-state index in [4.69, 9.17) is 28.6 Å². The minimum absolute atomic E-state index is 0.117. The second kappa shape index (κ2) is 7.39. The van der Waals surface area contributed by atoms with E-state index in [1.54, 1.807) is 61.7 Å². The number of amides is 1. The summed E-state index contributed by atoms with van der Waals surface area (Å²) in [7, 11) is 1.65. The predicted molar refractivity (Wildman–Crippen MR) is 104 cm³/mol. The Morgan fingerprint density at radius 2 is 1.80 bits per heavy atom. The van der Waals surface area contributed by atoms with Gasteiger partial charge >= 0.3 is 5.97 Å². The molecule has 2 aromatic rings. The Balaban J connectivity index is 1.70. The van der Waals surface area contributed by atoms with E-state index >= 15 is 0 Å². The van der Waals surface area contributed by atoms with Gasteiger partial charge in [-0.05, 0) is 48.0 Å². The Labute approximate surface area is 159 Å². The van der Waals surface area contributed by atoms with E-state index in [2.05, 4.69) is 0 Å². The van der Waals surface area contributed by atoms with Crippen molar-refractivity contribution in [3.05, 3.63) is 69.6 Å². The van der Waals surface area contributed by atoms with Crippen LogP contribution < -0.4 is 4.74 Å². The molecule has 4 nitrogen and oxygen atoms in total. The number of thiocarbonyl (C=S) groups is 1. The van der Waals surface area contributed by atoms with Gasteiger partial charge in [-0.2, -0.15) is 0 Å². The Hall–Kier alpha value is -2.15. The number of esters is 1. The van der Waals surface area contributed by atoms with Crippen LogP contribution in [0.3, 0.4) is 0 Å². The standard InChI is InChI=1S/C18H12ClNO3S2/c1-20-16(21)15(25-18(20)24)10-11-2-8-14(9-3-11)23-17(22)12-4-6-13(19)7-5-12/h2-10H,1H3/b15-10+. The summed E-state index contributed by atoms with van der Waals surface area (Å²) in [6.07, 6.45) is 1.76.